The average Bonchev–Trinajstić information content (AvgIpc) is 2.41. The zero-order chi connectivity index (χ0) is 15.3. The van der Waals surface area contributed by atoms with E-state index in [1.165, 1.54) is 14.0 Å². The summed E-state index contributed by atoms with van der Waals surface area (Å²) in [5.74, 6) is -0.642. The van der Waals surface area contributed by atoms with Gasteiger partial charge in [0.1, 0.15) is 12.6 Å². The Morgan fingerprint density at radius 2 is 1.95 bits per heavy atom. The van der Waals surface area contributed by atoms with E-state index < -0.39 is 6.04 Å². The van der Waals surface area contributed by atoms with Gasteiger partial charge in [0.15, 0.2) is 0 Å². The topological polar surface area (TPSA) is 64.6 Å². The summed E-state index contributed by atoms with van der Waals surface area (Å²) in [6, 6.07) is 3.40. The molecule has 0 heterocycles. The first-order valence-electron chi connectivity index (χ1n) is 6.43. The Kier molecular flexibility index (Phi) is 5.55. The number of methoxy groups -OCH3 is 1. The number of carbonyl (C=O) groups excluding carboxylic acids is 2. The molecule has 5 heteroatoms. The fraction of sp³-hybridized carbons (Fsp3) is 0.467. The van der Waals surface area contributed by atoms with Gasteiger partial charge in [-0.1, -0.05) is 12.1 Å². The van der Waals surface area contributed by atoms with Crippen molar-refractivity contribution < 1.29 is 19.1 Å². The molecule has 110 valence electrons. The lowest BCUT2D eigenvalue weighted by atomic mass is 10.0. The molecule has 0 saturated heterocycles. The summed E-state index contributed by atoms with van der Waals surface area (Å²) in [4.78, 5) is 22.4. The third-order valence-electron chi connectivity index (χ3n) is 3.13. The molecule has 1 aromatic rings. The van der Waals surface area contributed by atoms with E-state index in [2.05, 4.69) is 5.32 Å². The van der Waals surface area contributed by atoms with E-state index in [9.17, 15) is 9.59 Å². The van der Waals surface area contributed by atoms with Crippen LogP contribution in [-0.2, 0) is 25.7 Å². The Hall–Kier alpha value is -2.04. The number of carbonyl (C=O) groups is 2. The molecule has 0 aromatic heterocycles. The van der Waals surface area contributed by atoms with Crippen molar-refractivity contribution in [2.75, 3.05) is 12.4 Å². The molecular formula is C15H21NO4. The molecule has 1 atom stereocenters. The maximum Gasteiger partial charge on any atom is 0.327 e. The van der Waals surface area contributed by atoms with E-state index in [1.54, 1.807) is 6.92 Å². The Bertz CT molecular complexity index is 511. The number of esters is 2. The number of anilines is 1. The van der Waals surface area contributed by atoms with Crippen LogP contribution in [0.4, 0.5) is 5.69 Å². The van der Waals surface area contributed by atoms with E-state index in [4.69, 9.17) is 9.47 Å². The lowest BCUT2D eigenvalue weighted by molar-refractivity contribution is -0.142. The standard InChI is InChI=1S/C15H21NO4/c1-9-6-7-13(8-20-12(4)17)10(2)14(9)16-11(3)15(18)19-5/h6-7,11,16H,8H2,1-5H3. The van der Waals surface area contributed by atoms with Crippen LogP contribution >= 0.6 is 0 Å². The fourth-order valence-electron chi connectivity index (χ4n) is 1.90. The molecule has 0 bridgehead atoms. The number of ether oxygens (including phenoxy) is 2. The smallest absolute Gasteiger partial charge is 0.327 e. The van der Waals surface area contributed by atoms with Gasteiger partial charge in [-0.15, -0.1) is 0 Å². The van der Waals surface area contributed by atoms with Crippen molar-refractivity contribution >= 4 is 17.6 Å². The van der Waals surface area contributed by atoms with Crippen LogP contribution in [0.5, 0.6) is 0 Å². The van der Waals surface area contributed by atoms with Crippen LogP contribution < -0.4 is 5.32 Å². The van der Waals surface area contributed by atoms with Gasteiger partial charge in [0.2, 0.25) is 0 Å². The maximum absolute atomic E-state index is 11.5. The predicted molar refractivity (Wildman–Crippen MR) is 76.5 cm³/mol. The minimum absolute atomic E-state index is 0.225. The maximum atomic E-state index is 11.5. The van der Waals surface area contributed by atoms with Crippen molar-refractivity contribution in [1.29, 1.82) is 0 Å². The number of nitrogens with one attached hydrogen (secondary N) is 1. The molecule has 0 spiro atoms. The Morgan fingerprint density at radius 3 is 2.50 bits per heavy atom. The number of benzene rings is 1. The van der Waals surface area contributed by atoms with Gasteiger partial charge in [-0.3, -0.25) is 4.79 Å². The van der Waals surface area contributed by atoms with Crippen LogP contribution in [0.1, 0.15) is 30.5 Å². The number of rotatable bonds is 5. The summed E-state index contributed by atoms with van der Waals surface area (Å²) in [6.07, 6.45) is 0. The summed E-state index contributed by atoms with van der Waals surface area (Å²) < 4.78 is 9.72. The molecule has 0 saturated carbocycles. The summed E-state index contributed by atoms with van der Waals surface area (Å²) in [5.41, 5.74) is 3.75. The van der Waals surface area contributed by atoms with E-state index >= 15 is 0 Å². The summed E-state index contributed by atoms with van der Waals surface area (Å²) in [7, 11) is 1.36. The first kappa shape index (κ1) is 16.0. The number of hydrogen-bond donors (Lipinski definition) is 1. The molecule has 0 aliphatic rings. The van der Waals surface area contributed by atoms with Crippen LogP contribution in [0.25, 0.3) is 0 Å². The predicted octanol–water partition coefficient (Wildman–Crippen LogP) is 2.34. The van der Waals surface area contributed by atoms with Gasteiger partial charge in [0.25, 0.3) is 0 Å². The lowest BCUT2D eigenvalue weighted by Gasteiger charge is -2.19. The van der Waals surface area contributed by atoms with Crippen LogP contribution in [-0.4, -0.2) is 25.1 Å². The van der Waals surface area contributed by atoms with Crippen LogP contribution in [0.15, 0.2) is 12.1 Å². The summed E-state index contributed by atoms with van der Waals surface area (Å²) >= 11 is 0. The molecule has 0 aliphatic carbocycles. The zero-order valence-electron chi connectivity index (χ0n) is 12.6. The molecule has 1 unspecified atom stereocenters. The molecule has 1 aromatic carbocycles. The highest BCUT2D eigenvalue weighted by molar-refractivity contribution is 5.79. The largest absolute Gasteiger partial charge is 0.467 e. The van der Waals surface area contributed by atoms with Crippen molar-refractivity contribution in [3.63, 3.8) is 0 Å². The van der Waals surface area contributed by atoms with Gasteiger partial charge < -0.3 is 14.8 Å². The number of aryl methyl sites for hydroxylation is 1. The first-order chi connectivity index (χ1) is 9.36. The van der Waals surface area contributed by atoms with Gasteiger partial charge in [0, 0.05) is 12.6 Å². The third-order valence-corrected chi connectivity index (χ3v) is 3.13. The second-order valence-corrected chi connectivity index (χ2v) is 4.71. The second-order valence-electron chi connectivity index (χ2n) is 4.71. The monoisotopic (exact) mass is 279 g/mol. The molecule has 0 fully saturated rings. The van der Waals surface area contributed by atoms with Gasteiger partial charge in [-0.25, -0.2) is 4.79 Å². The van der Waals surface area contributed by atoms with Crippen LogP contribution in [0, 0.1) is 13.8 Å². The third kappa shape index (κ3) is 3.98. The molecule has 1 rings (SSSR count). The van der Waals surface area contributed by atoms with E-state index in [-0.39, 0.29) is 18.5 Å². The molecule has 0 aliphatic heterocycles. The van der Waals surface area contributed by atoms with Crippen molar-refractivity contribution in [1.82, 2.24) is 0 Å². The van der Waals surface area contributed by atoms with Crippen molar-refractivity contribution in [3.8, 4) is 0 Å². The van der Waals surface area contributed by atoms with Gasteiger partial charge in [-0.2, -0.15) is 0 Å². The minimum atomic E-state index is -0.443. The lowest BCUT2D eigenvalue weighted by Crippen LogP contribution is -2.28. The van der Waals surface area contributed by atoms with Crippen molar-refractivity contribution in [2.45, 2.75) is 40.3 Å². The van der Waals surface area contributed by atoms with E-state index in [0.717, 1.165) is 22.4 Å². The normalized spacial score (nSPS) is 11.7. The molecule has 0 radical (unpaired) electrons. The minimum Gasteiger partial charge on any atom is -0.467 e. The quantitative estimate of drug-likeness (QED) is 0.838. The van der Waals surface area contributed by atoms with E-state index in [1.807, 2.05) is 26.0 Å². The molecule has 20 heavy (non-hydrogen) atoms. The first-order valence-corrected chi connectivity index (χ1v) is 6.43. The highest BCUT2D eigenvalue weighted by atomic mass is 16.5. The van der Waals surface area contributed by atoms with E-state index in [0.29, 0.717) is 0 Å². The van der Waals surface area contributed by atoms with Gasteiger partial charge in [-0.05, 0) is 37.5 Å². The summed E-state index contributed by atoms with van der Waals surface area (Å²) in [5, 5.41) is 3.14. The Balaban J connectivity index is 2.97. The van der Waals surface area contributed by atoms with Gasteiger partial charge >= 0.3 is 11.9 Å². The SMILES string of the molecule is COC(=O)C(C)Nc1c(C)ccc(COC(C)=O)c1C. The van der Waals surface area contributed by atoms with Crippen LogP contribution in [0.3, 0.4) is 0 Å². The Labute approximate surface area is 119 Å². The number of hydrogen-bond acceptors (Lipinski definition) is 5. The van der Waals surface area contributed by atoms with Crippen molar-refractivity contribution in [2.24, 2.45) is 0 Å². The summed E-state index contributed by atoms with van der Waals surface area (Å²) in [6.45, 7) is 7.22. The van der Waals surface area contributed by atoms with Crippen molar-refractivity contribution in [3.05, 3.63) is 28.8 Å². The molecule has 1 N–H and O–H groups in total. The fourth-order valence-corrected chi connectivity index (χ4v) is 1.90. The average molecular weight is 279 g/mol. The molecule has 0 amide bonds. The van der Waals surface area contributed by atoms with Gasteiger partial charge in [0.05, 0.1) is 7.11 Å². The highest BCUT2D eigenvalue weighted by Gasteiger charge is 2.16. The zero-order valence-corrected chi connectivity index (χ0v) is 12.6. The molecular weight excluding hydrogens is 258 g/mol. The highest BCUT2D eigenvalue weighted by Crippen LogP contribution is 2.25. The molecule has 5 nitrogen and oxygen atoms in total. The Morgan fingerprint density at radius 1 is 1.30 bits per heavy atom. The second kappa shape index (κ2) is 6.93. The van der Waals surface area contributed by atoms with Crippen LogP contribution in [0.2, 0.25) is 0 Å².